The molecule has 0 saturated carbocycles. The number of anilines is 1. The van der Waals surface area contributed by atoms with Gasteiger partial charge in [0.2, 0.25) is 5.91 Å². The summed E-state index contributed by atoms with van der Waals surface area (Å²) in [5, 5.41) is 2.88. The number of para-hydroxylation sites is 1. The van der Waals surface area contributed by atoms with Crippen molar-refractivity contribution in [1.29, 1.82) is 0 Å². The molecule has 110 valence electrons. The number of rotatable bonds is 5. The van der Waals surface area contributed by atoms with Crippen LogP contribution in [0.25, 0.3) is 0 Å². The number of pyridine rings is 1. The molecule has 0 aliphatic carbocycles. The van der Waals surface area contributed by atoms with Crippen molar-refractivity contribution >= 4 is 23.4 Å². The van der Waals surface area contributed by atoms with Crippen molar-refractivity contribution < 1.29 is 4.79 Å². The quantitative estimate of drug-likeness (QED) is 0.836. The van der Waals surface area contributed by atoms with Crippen LogP contribution in [-0.2, 0) is 4.79 Å². The smallest absolute Gasteiger partial charge is 0.237 e. The number of benzene rings is 1. The van der Waals surface area contributed by atoms with Gasteiger partial charge in [0, 0.05) is 23.0 Å². The van der Waals surface area contributed by atoms with E-state index in [2.05, 4.69) is 30.2 Å². The summed E-state index contributed by atoms with van der Waals surface area (Å²) < 4.78 is 0. The van der Waals surface area contributed by atoms with Crippen LogP contribution in [0.5, 0.6) is 0 Å². The number of carbonyl (C=O) groups is 1. The third-order valence-corrected chi connectivity index (χ3v) is 4.28. The lowest BCUT2D eigenvalue weighted by atomic mass is 10.0. The van der Waals surface area contributed by atoms with Crippen LogP contribution in [0.3, 0.4) is 0 Å². The predicted molar refractivity (Wildman–Crippen MR) is 88.7 cm³/mol. The fourth-order valence-electron chi connectivity index (χ4n) is 2.02. The molecule has 1 N–H and O–H groups in total. The highest BCUT2D eigenvalue weighted by Gasteiger charge is 2.16. The summed E-state index contributed by atoms with van der Waals surface area (Å²) in [6.07, 6.45) is 3.47. The summed E-state index contributed by atoms with van der Waals surface area (Å²) in [7, 11) is 0. The van der Waals surface area contributed by atoms with Gasteiger partial charge in [-0.25, -0.2) is 0 Å². The Kier molecular flexibility index (Phi) is 5.39. The summed E-state index contributed by atoms with van der Waals surface area (Å²) in [4.78, 5) is 17.4. The maximum Gasteiger partial charge on any atom is 0.237 e. The van der Waals surface area contributed by atoms with E-state index in [9.17, 15) is 4.79 Å². The summed E-state index contributed by atoms with van der Waals surface area (Å²) in [6, 6.07) is 11.8. The molecule has 1 amide bonds. The number of nitrogens with zero attached hydrogens (tertiary/aromatic N) is 1. The SMILES string of the molecule is CC(Sc1ccncc1)C(=O)Nc1ccccc1C(C)C. The first-order valence-corrected chi connectivity index (χ1v) is 7.92. The van der Waals surface area contributed by atoms with E-state index in [1.807, 2.05) is 37.3 Å². The molecule has 0 aliphatic heterocycles. The van der Waals surface area contributed by atoms with Crippen molar-refractivity contribution in [2.45, 2.75) is 36.8 Å². The monoisotopic (exact) mass is 300 g/mol. The molecule has 0 aliphatic rings. The Balaban J connectivity index is 2.04. The highest BCUT2D eigenvalue weighted by molar-refractivity contribution is 8.00. The van der Waals surface area contributed by atoms with Crippen molar-refractivity contribution in [3.63, 3.8) is 0 Å². The Hall–Kier alpha value is -1.81. The Morgan fingerprint density at radius 2 is 1.76 bits per heavy atom. The number of amides is 1. The van der Waals surface area contributed by atoms with E-state index in [0.29, 0.717) is 5.92 Å². The van der Waals surface area contributed by atoms with E-state index in [0.717, 1.165) is 16.1 Å². The van der Waals surface area contributed by atoms with Crippen LogP contribution in [0.4, 0.5) is 5.69 Å². The van der Waals surface area contributed by atoms with Crippen molar-refractivity contribution in [1.82, 2.24) is 4.98 Å². The number of hydrogen-bond acceptors (Lipinski definition) is 3. The maximum absolute atomic E-state index is 12.3. The van der Waals surface area contributed by atoms with Crippen LogP contribution in [0, 0.1) is 0 Å². The molecule has 0 saturated heterocycles. The molecule has 1 aromatic heterocycles. The molecular formula is C17H20N2OS. The number of aromatic nitrogens is 1. The molecule has 4 heteroatoms. The Morgan fingerprint density at radius 3 is 2.43 bits per heavy atom. The zero-order valence-corrected chi connectivity index (χ0v) is 13.4. The highest BCUT2D eigenvalue weighted by Crippen LogP contribution is 2.26. The lowest BCUT2D eigenvalue weighted by molar-refractivity contribution is -0.115. The predicted octanol–water partition coefficient (Wildman–Crippen LogP) is 4.32. The molecule has 21 heavy (non-hydrogen) atoms. The average molecular weight is 300 g/mol. The molecule has 2 aromatic rings. The topological polar surface area (TPSA) is 42.0 Å². The summed E-state index contributed by atoms with van der Waals surface area (Å²) in [5.41, 5.74) is 2.06. The molecule has 1 unspecified atom stereocenters. The van der Waals surface area contributed by atoms with Gasteiger partial charge >= 0.3 is 0 Å². The molecule has 1 aromatic carbocycles. The molecule has 3 nitrogen and oxygen atoms in total. The van der Waals surface area contributed by atoms with Crippen LogP contribution in [0.15, 0.2) is 53.7 Å². The van der Waals surface area contributed by atoms with Gasteiger partial charge in [0.15, 0.2) is 0 Å². The number of nitrogens with one attached hydrogen (secondary N) is 1. The van der Waals surface area contributed by atoms with E-state index in [1.54, 1.807) is 12.4 Å². The first-order valence-electron chi connectivity index (χ1n) is 7.04. The van der Waals surface area contributed by atoms with Gasteiger partial charge < -0.3 is 5.32 Å². The molecule has 2 rings (SSSR count). The molecule has 1 atom stereocenters. The second-order valence-corrected chi connectivity index (χ2v) is 6.59. The third kappa shape index (κ3) is 4.33. The Morgan fingerprint density at radius 1 is 1.10 bits per heavy atom. The first-order chi connectivity index (χ1) is 10.1. The van der Waals surface area contributed by atoms with Gasteiger partial charge in [0.1, 0.15) is 0 Å². The summed E-state index contributed by atoms with van der Waals surface area (Å²) >= 11 is 1.53. The van der Waals surface area contributed by atoms with Crippen molar-refractivity contribution in [3.05, 3.63) is 54.4 Å². The van der Waals surface area contributed by atoms with E-state index >= 15 is 0 Å². The molecule has 1 heterocycles. The lowest BCUT2D eigenvalue weighted by Crippen LogP contribution is -2.23. The van der Waals surface area contributed by atoms with E-state index in [-0.39, 0.29) is 11.2 Å². The van der Waals surface area contributed by atoms with Crippen LogP contribution in [0.2, 0.25) is 0 Å². The molecule has 0 radical (unpaired) electrons. The highest BCUT2D eigenvalue weighted by atomic mass is 32.2. The second kappa shape index (κ2) is 7.27. The van der Waals surface area contributed by atoms with E-state index in [1.165, 1.54) is 11.8 Å². The van der Waals surface area contributed by atoms with Gasteiger partial charge in [-0.3, -0.25) is 9.78 Å². The van der Waals surface area contributed by atoms with Crippen LogP contribution in [-0.4, -0.2) is 16.1 Å². The zero-order valence-electron chi connectivity index (χ0n) is 12.5. The van der Waals surface area contributed by atoms with Gasteiger partial charge in [-0.1, -0.05) is 32.0 Å². The Labute approximate surface area is 130 Å². The minimum Gasteiger partial charge on any atom is -0.325 e. The van der Waals surface area contributed by atoms with Gasteiger partial charge in [-0.2, -0.15) is 0 Å². The second-order valence-electron chi connectivity index (χ2n) is 5.17. The molecule has 0 fully saturated rings. The van der Waals surface area contributed by atoms with Crippen LogP contribution < -0.4 is 5.32 Å². The van der Waals surface area contributed by atoms with E-state index in [4.69, 9.17) is 0 Å². The number of carbonyl (C=O) groups excluding carboxylic acids is 1. The summed E-state index contributed by atoms with van der Waals surface area (Å²) in [6.45, 7) is 6.17. The number of thioether (sulfide) groups is 1. The van der Waals surface area contributed by atoms with Crippen molar-refractivity contribution in [3.8, 4) is 0 Å². The van der Waals surface area contributed by atoms with Crippen LogP contribution in [0.1, 0.15) is 32.3 Å². The fraction of sp³-hybridized carbons (Fsp3) is 0.294. The van der Waals surface area contributed by atoms with Crippen molar-refractivity contribution in [2.24, 2.45) is 0 Å². The summed E-state index contributed by atoms with van der Waals surface area (Å²) in [5.74, 6) is 0.398. The van der Waals surface area contributed by atoms with Gasteiger partial charge in [-0.15, -0.1) is 11.8 Å². The van der Waals surface area contributed by atoms with Gasteiger partial charge in [-0.05, 0) is 36.6 Å². The minimum absolute atomic E-state index is 0.0184. The maximum atomic E-state index is 12.3. The van der Waals surface area contributed by atoms with Gasteiger partial charge in [0.25, 0.3) is 0 Å². The normalized spacial score (nSPS) is 12.2. The average Bonchev–Trinajstić information content (AvgIpc) is 2.48. The fourth-order valence-corrected chi connectivity index (χ4v) is 2.88. The largest absolute Gasteiger partial charge is 0.325 e. The third-order valence-electron chi connectivity index (χ3n) is 3.17. The molecule has 0 spiro atoms. The standard InChI is InChI=1S/C17H20N2OS/c1-12(2)15-6-4-5-7-16(15)19-17(20)13(3)21-14-8-10-18-11-9-14/h4-13H,1-3H3,(H,19,20). The Bertz CT molecular complexity index is 599. The number of hydrogen-bond donors (Lipinski definition) is 1. The van der Waals surface area contributed by atoms with Crippen LogP contribution >= 0.6 is 11.8 Å². The van der Waals surface area contributed by atoms with E-state index < -0.39 is 0 Å². The minimum atomic E-state index is -0.160. The molecular weight excluding hydrogens is 280 g/mol. The van der Waals surface area contributed by atoms with Gasteiger partial charge in [0.05, 0.1) is 5.25 Å². The lowest BCUT2D eigenvalue weighted by Gasteiger charge is -2.16. The molecule has 0 bridgehead atoms. The first kappa shape index (κ1) is 15.6. The van der Waals surface area contributed by atoms with Crippen molar-refractivity contribution in [2.75, 3.05) is 5.32 Å². The zero-order chi connectivity index (χ0) is 15.2.